The molecule has 1 saturated heterocycles. The molecular formula is C17H26NP. The van der Waals surface area contributed by atoms with E-state index >= 15 is 0 Å². The molecular weight excluding hydrogens is 249 g/mol. The molecule has 0 spiro atoms. The molecule has 19 heavy (non-hydrogen) atoms. The molecule has 0 unspecified atom stereocenters. The van der Waals surface area contributed by atoms with E-state index in [1.54, 1.807) is 5.57 Å². The van der Waals surface area contributed by atoms with Gasteiger partial charge in [0.1, 0.15) is 0 Å². The van der Waals surface area contributed by atoms with Gasteiger partial charge in [0, 0.05) is 0 Å². The van der Waals surface area contributed by atoms with Gasteiger partial charge in [0.15, 0.2) is 0 Å². The number of rotatable bonds is 5. The van der Waals surface area contributed by atoms with Crippen LogP contribution in [0.2, 0.25) is 0 Å². The normalized spacial score (nSPS) is 21.2. The lowest BCUT2D eigenvalue weighted by Crippen LogP contribution is -2.36. The predicted molar refractivity (Wildman–Crippen MR) is 88.4 cm³/mol. The molecule has 0 bridgehead atoms. The fourth-order valence-electron chi connectivity index (χ4n) is 2.93. The number of hydrogen-bond acceptors (Lipinski definition) is 1. The summed E-state index contributed by atoms with van der Waals surface area (Å²) in [5.74, 6) is 0.799. The molecule has 0 radical (unpaired) electrons. The number of likely N-dealkylation sites (tertiary alicyclic amines) is 1. The standard InChI is InChI=1S/C17H26NP/c1-15(19)17-10-13-18(14-11-17)12-6-9-16-7-4-2-3-5-8-16/h2-5,7,17,19H,6,8-14H2,1H3. The fourth-order valence-corrected chi connectivity index (χ4v) is 3.22. The summed E-state index contributed by atoms with van der Waals surface area (Å²) < 4.78 is 0. The first-order valence-corrected chi connectivity index (χ1v) is 8.04. The van der Waals surface area contributed by atoms with Gasteiger partial charge < -0.3 is 4.90 Å². The lowest BCUT2D eigenvalue weighted by atomic mass is 9.94. The minimum absolute atomic E-state index is 0.799. The van der Waals surface area contributed by atoms with Crippen molar-refractivity contribution in [2.75, 3.05) is 19.6 Å². The first-order chi connectivity index (χ1) is 9.25. The van der Waals surface area contributed by atoms with E-state index in [-0.39, 0.29) is 0 Å². The van der Waals surface area contributed by atoms with Crippen LogP contribution < -0.4 is 0 Å². The molecule has 1 aliphatic carbocycles. The van der Waals surface area contributed by atoms with Gasteiger partial charge in [0.05, 0.1) is 0 Å². The van der Waals surface area contributed by atoms with E-state index in [1.165, 1.54) is 50.6 Å². The second-order valence-corrected chi connectivity index (χ2v) is 6.53. The second kappa shape index (κ2) is 7.82. The number of hydrogen-bond donors (Lipinski definition) is 0. The van der Waals surface area contributed by atoms with Crippen LogP contribution in [0.3, 0.4) is 0 Å². The molecule has 0 saturated carbocycles. The highest BCUT2D eigenvalue weighted by molar-refractivity contribution is 7.21. The van der Waals surface area contributed by atoms with Crippen LogP contribution in [-0.4, -0.2) is 29.8 Å². The van der Waals surface area contributed by atoms with E-state index < -0.39 is 0 Å². The van der Waals surface area contributed by atoms with Crippen LogP contribution in [0.5, 0.6) is 0 Å². The zero-order valence-corrected chi connectivity index (χ0v) is 13.1. The van der Waals surface area contributed by atoms with E-state index in [4.69, 9.17) is 0 Å². The number of nitrogens with zero attached hydrogens (tertiary/aromatic N) is 1. The number of piperidine rings is 1. The first-order valence-electron chi connectivity index (χ1n) is 7.54. The SMILES string of the molecule is CC(=P)C1CCN(CCCC2=CC=CC=CC2)CC1. The van der Waals surface area contributed by atoms with Crippen LogP contribution in [0.4, 0.5) is 0 Å². The predicted octanol–water partition coefficient (Wildman–Crippen LogP) is 4.26. The Morgan fingerprint density at radius 2 is 2.05 bits per heavy atom. The van der Waals surface area contributed by atoms with E-state index in [0.29, 0.717) is 0 Å². The van der Waals surface area contributed by atoms with Gasteiger partial charge in [-0.3, -0.25) is 0 Å². The molecule has 1 nitrogen and oxygen atoms in total. The Hall–Kier alpha value is -0.650. The third-order valence-corrected chi connectivity index (χ3v) is 4.65. The molecule has 1 heterocycles. The summed E-state index contributed by atoms with van der Waals surface area (Å²) in [6.45, 7) is 6.01. The topological polar surface area (TPSA) is 3.24 Å². The Labute approximate surface area is 120 Å². The zero-order chi connectivity index (χ0) is 13.5. The molecule has 2 aliphatic rings. The third-order valence-electron chi connectivity index (χ3n) is 4.24. The van der Waals surface area contributed by atoms with Gasteiger partial charge in [-0.25, -0.2) is 0 Å². The maximum Gasteiger partial charge on any atom is -0.00129 e. The molecule has 0 N–H and O–H groups in total. The maximum atomic E-state index is 3.70. The van der Waals surface area contributed by atoms with Gasteiger partial charge in [-0.05, 0) is 64.6 Å². The van der Waals surface area contributed by atoms with Crippen molar-refractivity contribution in [1.29, 1.82) is 0 Å². The van der Waals surface area contributed by atoms with E-state index in [1.807, 2.05) is 0 Å². The van der Waals surface area contributed by atoms with Gasteiger partial charge in [0.25, 0.3) is 0 Å². The highest BCUT2D eigenvalue weighted by Gasteiger charge is 2.19. The van der Waals surface area contributed by atoms with Crippen molar-refractivity contribution in [3.05, 3.63) is 36.0 Å². The van der Waals surface area contributed by atoms with Crippen LogP contribution in [0.25, 0.3) is 0 Å². The van der Waals surface area contributed by atoms with Crippen molar-refractivity contribution in [2.24, 2.45) is 5.92 Å². The van der Waals surface area contributed by atoms with E-state index in [2.05, 4.69) is 51.1 Å². The second-order valence-electron chi connectivity index (χ2n) is 5.74. The molecule has 0 aromatic rings. The average Bonchev–Trinajstić information content (AvgIpc) is 2.68. The Balaban J connectivity index is 1.64. The molecule has 1 fully saturated rings. The molecule has 104 valence electrons. The van der Waals surface area contributed by atoms with Crippen molar-refractivity contribution < 1.29 is 0 Å². The molecule has 0 aromatic carbocycles. The monoisotopic (exact) mass is 275 g/mol. The van der Waals surface area contributed by atoms with Gasteiger partial charge in [0.2, 0.25) is 0 Å². The van der Waals surface area contributed by atoms with Crippen LogP contribution in [0.15, 0.2) is 36.0 Å². The van der Waals surface area contributed by atoms with Crippen molar-refractivity contribution in [2.45, 2.75) is 39.0 Å². The fraction of sp³-hybridized carbons (Fsp3) is 0.588. The van der Waals surface area contributed by atoms with Gasteiger partial charge in [-0.2, -0.15) is 0 Å². The molecule has 2 heteroatoms. The summed E-state index contributed by atoms with van der Waals surface area (Å²) >= 11 is 0. The molecule has 1 aliphatic heterocycles. The lowest BCUT2D eigenvalue weighted by molar-refractivity contribution is 0.208. The van der Waals surface area contributed by atoms with Gasteiger partial charge >= 0.3 is 0 Å². The van der Waals surface area contributed by atoms with Crippen LogP contribution >= 0.6 is 8.86 Å². The zero-order valence-electron chi connectivity index (χ0n) is 12.1. The Kier molecular flexibility index (Phi) is 6.07. The quantitative estimate of drug-likeness (QED) is 0.678. The summed E-state index contributed by atoms with van der Waals surface area (Å²) in [6, 6.07) is 0. The summed E-state index contributed by atoms with van der Waals surface area (Å²) in [4.78, 5) is 2.63. The largest absolute Gasteiger partial charge is 0.303 e. The smallest absolute Gasteiger partial charge is 0.00129 e. The van der Waals surface area contributed by atoms with Crippen molar-refractivity contribution in [3.8, 4) is 0 Å². The molecule has 2 rings (SSSR count). The highest BCUT2D eigenvalue weighted by Crippen LogP contribution is 2.20. The van der Waals surface area contributed by atoms with Crippen LogP contribution in [0.1, 0.15) is 39.0 Å². The summed E-state index contributed by atoms with van der Waals surface area (Å²) in [6.07, 6.45) is 17.3. The Bertz CT molecular complexity index is 384. The van der Waals surface area contributed by atoms with Crippen molar-refractivity contribution in [1.82, 2.24) is 4.90 Å². The third kappa shape index (κ3) is 5.09. The van der Waals surface area contributed by atoms with E-state index in [9.17, 15) is 0 Å². The Morgan fingerprint density at radius 3 is 2.79 bits per heavy atom. The van der Waals surface area contributed by atoms with Crippen molar-refractivity contribution >= 4 is 14.2 Å². The number of allylic oxidation sites excluding steroid dienone is 6. The minimum atomic E-state index is 0.799. The first kappa shape index (κ1) is 14.8. The molecule has 0 amide bonds. The summed E-state index contributed by atoms with van der Waals surface area (Å²) in [5.41, 5.74) is 1.57. The average molecular weight is 275 g/mol. The van der Waals surface area contributed by atoms with Crippen LogP contribution in [-0.2, 0) is 0 Å². The van der Waals surface area contributed by atoms with E-state index in [0.717, 1.165) is 12.3 Å². The minimum Gasteiger partial charge on any atom is -0.303 e. The van der Waals surface area contributed by atoms with Gasteiger partial charge in [-0.15, -0.1) is 8.86 Å². The summed E-state index contributed by atoms with van der Waals surface area (Å²) in [5, 5.41) is 1.43. The lowest BCUT2D eigenvalue weighted by Gasteiger charge is -2.32. The molecule has 0 atom stereocenters. The van der Waals surface area contributed by atoms with Crippen molar-refractivity contribution in [3.63, 3.8) is 0 Å². The summed E-state index contributed by atoms with van der Waals surface area (Å²) in [7, 11) is 3.70. The van der Waals surface area contributed by atoms with Crippen LogP contribution in [0, 0.1) is 5.92 Å². The Morgan fingerprint density at radius 1 is 1.26 bits per heavy atom. The maximum absolute atomic E-state index is 3.70. The molecule has 0 aromatic heterocycles. The van der Waals surface area contributed by atoms with Gasteiger partial charge in [-0.1, -0.05) is 41.2 Å². The highest BCUT2D eigenvalue weighted by atomic mass is 31.0.